The van der Waals surface area contributed by atoms with Gasteiger partial charge in [-0.15, -0.1) is 0 Å². The maximum Gasteiger partial charge on any atom is 0.416 e. The monoisotopic (exact) mass is 330 g/mol. The molecular formula is C16H17F3O2S. The Kier molecular flexibility index (Phi) is 3.83. The largest absolute Gasteiger partial charge is 0.416 e. The van der Waals surface area contributed by atoms with Crippen LogP contribution < -0.4 is 0 Å². The van der Waals surface area contributed by atoms with Gasteiger partial charge in [0.1, 0.15) is 0 Å². The molecule has 2 nitrogen and oxygen atoms in total. The summed E-state index contributed by atoms with van der Waals surface area (Å²) in [7, 11) is -3.08. The first kappa shape index (κ1) is 15.6. The molecule has 1 aromatic carbocycles. The van der Waals surface area contributed by atoms with Crippen molar-refractivity contribution >= 4 is 9.84 Å². The highest BCUT2D eigenvalue weighted by molar-refractivity contribution is 7.92. The lowest BCUT2D eigenvalue weighted by atomic mass is 9.93. The summed E-state index contributed by atoms with van der Waals surface area (Å²) in [5, 5.41) is -0.794. The van der Waals surface area contributed by atoms with E-state index in [9.17, 15) is 21.6 Å². The molecule has 120 valence electrons. The van der Waals surface area contributed by atoms with E-state index < -0.39 is 26.8 Å². The maximum absolute atomic E-state index is 12.7. The quantitative estimate of drug-likeness (QED) is 0.771. The summed E-state index contributed by atoms with van der Waals surface area (Å²) in [4.78, 5) is 0. The van der Waals surface area contributed by atoms with Crippen molar-refractivity contribution in [3.8, 4) is 0 Å². The van der Waals surface area contributed by atoms with Crippen LogP contribution in [-0.4, -0.2) is 18.9 Å². The van der Waals surface area contributed by atoms with E-state index in [0.717, 1.165) is 24.1 Å². The zero-order chi connectivity index (χ0) is 16.0. The lowest BCUT2D eigenvalue weighted by molar-refractivity contribution is -0.137. The van der Waals surface area contributed by atoms with Gasteiger partial charge in [-0.3, -0.25) is 0 Å². The van der Waals surface area contributed by atoms with Gasteiger partial charge in [-0.1, -0.05) is 36.3 Å². The molecule has 1 aromatic rings. The molecule has 0 amide bonds. The molecule has 2 atom stereocenters. The van der Waals surface area contributed by atoms with Crippen LogP contribution in [0.4, 0.5) is 13.2 Å². The molecule has 2 aliphatic rings. The second-order valence-corrected chi connectivity index (χ2v) is 8.53. The Hall–Kier alpha value is -1.30. The molecule has 0 saturated carbocycles. The summed E-state index contributed by atoms with van der Waals surface area (Å²) in [6, 6.07) is 5.27. The average molecular weight is 330 g/mol. The summed E-state index contributed by atoms with van der Waals surface area (Å²) in [6.07, 6.45) is 0.467. The predicted octanol–water partition coefficient (Wildman–Crippen LogP) is 3.91. The first-order valence-corrected chi connectivity index (χ1v) is 8.96. The topological polar surface area (TPSA) is 34.1 Å². The van der Waals surface area contributed by atoms with Crippen LogP contribution in [0.5, 0.6) is 0 Å². The summed E-state index contributed by atoms with van der Waals surface area (Å²) in [5.41, 5.74) is 0.872. The third-order valence-electron chi connectivity index (χ3n) is 4.50. The molecule has 0 aliphatic carbocycles. The first-order valence-electron chi connectivity index (χ1n) is 7.35. The summed E-state index contributed by atoms with van der Waals surface area (Å²) < 4.78 is 62.6. The fourth-order valence-electron chi connectivity index (χ4n) is 3.39. The summed E-state index contributed by atoms with van der Waals surface area (Å²) in [6.45, 7) is 0. The Bertz CT molecular complexity index is 704. The van der Waals surface area contributed by atoms with Crippen molar-refractivity contribution in [3.63, 3.8) is 0 Å². The van der Waals surface area contributed by atoms with Gasteiger partial charge in [0.25, 0.3) is 0 Å². The van der Waals surface area contributed by atoms with Crippen molar-refractivity contribution in [1.29, 1.82) is 0 Å². The Morgan fingerprint density at radius 1 is 1.18 bits per heavy atom. The molecule has 0 spiro atoms. The number of hydrogen-bond donors (Lipinski definition) is 0. The van der Waals surface area contributed by atoms with Gasteiger partial charge < -0.3 is 0 Å². The SMILES string of the molecule is O=S1(=O)C2C=C(Cc3cccc(C(F)(F)F)c3)CC1CCC2. The number of sulfone groups is 1. The standard InChI is InChI=1S/C16H17F3O2S/c17-16(18,19)13-4-1-3-11(8-13)7-12-9-14-5-2-6-15(10-12)22(14,20)21/h1,3-4,8-9,14-15H,2,5-7,10H2. The van der Waals surface area contributed by atoms with Crippen LogP contribution >= 0.6 is 0 Å². The van der Waals surface area contributed by atoms with E-state index in [1.807, 2.05) is 0 Å². The van der Waals surface area contributed by atoms with Crippen molar-refractivity contribution in [2.24, 2.45) is 0 Å². The lowest BCUT2D eigenvalue weighted by Crippen LogP contribution is -2.39. The minimum Gasteiger partial charge on any atom is -0.228 e. The number of benzene rings is 1. The van der Waals surface area contributed by atoms with E-state index in [4.69, 9.17) is 0 Å². The lowest BCUT2D eigenvalue weighted by Gasteiger charge is -2.33. The van der Waals surface area contributed by atoms with Crippen molar-refractivity contribution in [1.82, 2.24) is 0 Å². The van der Waals surface area contributed by atoms with E-state index in [2.05, 4.69) is 0 Å². The van der Waals surface area contributed by atoms with E-state index in [1.54, 1.807) is 12.1 Å². The summed E-state index contributed by atoms with van der Waals surface area (Å²) >= 11 is 0. The zero-order valence-corrected chi connectivity index (χ0v) is 12.8. The molecule has 2 aliphatic heterocycles. The number of alkyl halides is 3. The normalized spacial score (nSPS) is 27.3. The molecular weight excluding hydrogens is 313 g/mol. The highest BCUT2D eigenvalue weighted by Crippen LogP contribution is 2.37. The molecule has 6 heteroatoms. The molecule has 2 heterocycles. The van der Waals surface area contributed by atoms with E-state index >= 15 is 0 Å². The number of rotatable bonds is 2. The molecule has 0 radical (unpaired) electrons. The first-order chi connectivity index (χ1) is 10.3. The van der Waals surface area contributed by atoms with Crippen molar-refractivity contribution in [2.45, 2.75) is 48.8 Å². The number of halogens is 3. The molecule has 0 N–H and O–H groups in total. The molecule has 22 heavy (non-hydrogen) atoms. The molecule has 0 aromatic heterocycles. The maximum atomic E-state index is 12.7. The van der Waals surface area contributed by atoms with Crippen LogP contribution in [0.1, 0.15) is 36.8 Å². The van der Waals surface area contributed by atoms with Crippen LogP contribution in [0, 0.1) is 0 Å². The van der Waals surface area contributed by atoms with Gasteiger partial charge >= 0.3 is 6.18 Å². The van der Waals surface area contributed by atoms with Gasteiger partial charge in [-0.25, -0.2) is 8.42 Å². The third-order valence-corrected chi connectivity index (χ3v) is 7.05. The Labute approximate surface area is 128 Å². The van der Waals surface area contributed by atoms with Gasteiger partial charge in [0.2, 0.25) is 0 Å². The van der Waals surface area contributed by atoms with Crippen molar-refractivity contribution in [2.75, 3.05) is 0 Å². The molecule has 3 rings (SSSR count). The van der Waals surface area contributed by atoms with E-state index in [0.29, 0.717) is 31.2 Å². The van der Waals surface area contributed by atoms with E-state index in [1.165, 1.54) is 6.07 Å². The molecule has 1 fully saturated rings. The van der Waals surface area contributed by atoms with Gasteiger partial charge in [0.05, 0.1) is 16.1 Å². The smallest absolute Gasteiger partial charge is 0.228 e. The Balaban J connectivity index is 1.84. The highest BCUT2D eigenvalue weighted by atomic mass is 32.2. The van der Waals surface area contributed by atoms with Crippen LogP contribution in [0.15, 0.2) is 35.9 Å². The van der Waals surface area contributed by atoms with Crippen molar-refractivity contribution in [3.05, 3.63) is 47.0 Å². The molecule has 1 saturated heterocycles. The highest BCUT2D eigenvalue weighted by Gasteiger charge is 2.40. The minimum absolute atomic E-state index is 0.350. The number of fused-ring (bicyclic) bond motifs is 2. The minimum atomic E-state index is -4.35. The predicted molar refractivity (Wildman–Crippen MR) is 78.2 cm³/mol. The fourth-order valence-corrected chi connectivity index (χ4v) is 5.71. The van der Waals surface area contributed by atoms with Gasteiger partial charge in [-0.05, 0) is 37.3 Å². The second-order valence-electron chi connectivity index (χ2n) is 6.08. The van der Waals surface area contributed by atoms with Crippen LogP contribution in [0.3, 0.4) is 0 Å². The Morgan fingerprint density at radius 2 is 1.95 bits per heavy atom. The van der Waals surface area contributed by atoms with Gasteiger partial charge in [0.15, 0.2) is 9.84 Å². The van der Waals surface area contributed by atoms with Gasteiger partial charge in [0, 0.05) is 0 Å². The second kappa shape index (κ2) is 5.41. The fraction of sp³-hybridized carbons (Fsp3) is 0.500. The van der Waals surface area contributed by atoms with E-state index in [-0.39, 0.29) is 5.25 Å². The molecule has 2 unspecified atom stereocenters. The average Bonchev–Trinajstić information content (AvgIpc) is 2.39. The van der Waals surface area contributed by atoms with Crippen LogP contribution in [0.25, 0.3) is 0 Å². The van der Waals surface area contributed by atoms with Crippen LogP contribution in [-0.2, 0) is 22.4 Å². The number of hydrogen-bond acceptors (Lipinski definition) is 2. The zero-order valence-electron chi connectivity index (χ0n) is 11.9. The van der Waals surface area contributed by atoms with Gasteiger partial charge in [-0.2, -0.15) is 13.2 Å². The molecule has 2 bridgehead atoms. The summed E-state index contributed by atoms with van der Waals surface area (Å²) in [5.74, 6) is 0. The number of allylic oxidation sites excluding steroid dienone is 1. The van der Waals surface area contributed by atoms with Crippen molar-refractivity contribution < 1.29 is 21.6 Å². The Morgan fingerprint density at radius 3 is 2.64 bits per heavy atom. The van der Waals surface area contributed by atoms with Crippen LogP contribution in [0.2, 0.25) is 0 Å². The third kappa shape index (κ3) is 2.93.